The summed E-state index contributed by atoms with van der Waals surface area (Å²) in [4.78, 5) is 15.1. The molecule has 0 radical (unpaired) electrons. The average Bonchev–Trinajstić information content (AvgIpc) is 3.37. The molecule has 0 bridgehead atoms. The number of carbonyl (C=O) groups is 1. The Morgan fingerprint density at radius 1 is 1.29 bits per heavy atom. The van der Waals surface area contributed by atoms with Crippen molar-refractivity contribution >= 4 is 41.1 Å². The Hall–Kier alpha value is -3.06. The Balaban J connectivity index is 1.60. The Kier molecular flexibility index (Phi) is 6.42. The van der Waals surface area contributed by atoms with Crippen LogP contribution in [0.3, 0.4) is 0 Å². The minimum Gasteiger partial charge on any atom is -0.379 e. The number of amides is 1. The van der Waals surface area contributed by atoms with Gasteiger partial charge in [0.05, 0.1) is 29.5 Å². The summed E-state index contributed by atoms with van der Waals surface area (Å²) in [5.41, 5.74) is 9.27. The van der Waals surface area contributed by atoms with Crippen LogP contribution in [0.5, 0.6) is 0 Å². The number of rotatable bonds is 6. The normalized spacial score (nSPS) is 14.9. The number of carbonyl (C=O) groups excluding carboxylic acids is 1. The molecule has 3 aromatic rings. The highest BCUT2D eigenvalue weighted by Gasteiger charge is 2.26. The minimum absolute atomic E-state index is 0.0360. The molecule has 12 nitrogen and oxygen atoms in total. The lowest BCUT2D eigenvalue weighted by Gasteiger charge is -2.25. The Bertz CT molecular complexity index is 1110. The van der Waals surface area contributed by atoms with Gasteiger partial charge in [0.25, 0.3) is 5.91 Å². The second-order valence-electron chi connectivity index (χ2n) is 6.50. The number of aromatic nitrogens is 5. The zero-order valence-electron chi connectivity index (χ0n) is 16.0. The summed E-state index contributed by atoms with van der Waals surface area (Å²) in [7, 11) is 0. The van der Waals surface area contributed by atoms with Gasteiger partial charge in [-0.15, -0.1) is 5.10 Å². The van der Waals surface area contributed by atoms with E-state index in [4.69, 9.17) is 33.7 Å². The topological polar surface area (TPSA) is 150 Å². The van der Waals surface area contributed by atoms with Gasteiger partial charge in [0.1, 0.15) is 5.69 Å². The smallest absolute Gasteiger partial charge is 0.292 e. The third-order valence-corrected chi connectivity index (χ3v) is 5.31. The Labute approximate surface area is 185 Å². The molecular weight excluding hydrogens is 449 g/mol. The van der Waals surface area contributed by atoms with Crippen molar-refractivity contribution in [2.24, 2.45) is 5.10 Å². The van der Waals surface area contributed by atoms with Gasteiger partial charge < -0.3 is 10.5 Å². The average molecular weight is 466 g/mol. The quantitative estimate of drug-likeness (QED) is 0.403. The molecule has 4 rings (SSSR count). The standard InChI is InChI=1S/C17H17Cl2N9O3/c18-11-3-1-2-10(13(11)19)8-21-23-17(29)14-12(9-27-4-6-30-7-5-27)22-26-28(14)16-15(20)24-31-25-16/h1-3,8H,4-7,9H2,(H2,20,24)(H,23,29)/b21-8+. The summed E-state index contributed by atoms with van der Waals surface area (Å²) in [5.74, 6) is -0.566. The fraction of sp³-hybridized carbons (Fsp3) is 0.294. The molecule has 3 N–H and O–H groups in total. The van der Waals surface area contributed by atoms with Crippen molar-refractivity contribution in [1.82, 2.24) is 35.6 Å². The molecule has 1 aliphatic heterocycles. The number of ether oxygens (including phenoxy) is 1. The Morgan fingerprint density at radius 3 is 2.84 bits per heavy atom. The first kappa shape index (κ1) is 21.2. The number of anilines is 1. The van der Waals surface area contributed by atoms with Crippen LogP contribution in [0.25, 0.3) is 5.82 Å². The molecule has 1 aliphatic rings. The second-order valence-corrected chi connectivity index (χ2v) is 7.29. The Morgan fingerprint density at radius 2 is 2.10 bits per heavy atom. The van der Waals surface area contributed by atoms with Crippen LogP contribution in [0.15, 0.2) is 27.9 Å². The summed E-state index contributed by atoms with van der Waals surface area (Å²) in [6.07, 6.45) is 1.38. The molecule has 0 unspecified atom stereocenters. The van der Waals surface area contributed by atoms with E-state index in [2.05, 4.69) is 40.7 Å². The lowest BCUT2D eigenvalue weighted by molar-refractivity contribution is 0.0335. The molecule has 1 aromatic carbocycles. The summed E-state index contributed by atoms with van der Waals surface area (Å²) in [5, 5.41) is 20.0. The van der Waals surface area contributed by atoms with Crippen LogP contribution < -0.4 is 11.2 Å². The van der Waals surface area contributed by atoms with Crippen molar-refractivity contribution in [3.63, 3.8) is 0 Å². The SMILES string of the molecule is Nc1nonc1-n1nnc(CN2CCOCC2)c1C(=O)N/N=C/c1cccc(Cl)c1Cl. The molecule has 1 saturated heterocycles. The van der Waals surface area contributed by atoms with Gasteiger partial charge >= 0.3 is 0 Å². The maximum atomic E-state index is 13.0. The van der Waals surface area contributed by atoms with E-state index in [0.29, 0.717) is 54.2 Å². The van der Waals surface area contributed by atoms with Crippen molar-refractivity contribution in [2.75, 3.05) is 32.0 Å². The number of halogens is 2. The highest BCUT2D eigenvalue weighted by molar-refractivity contribution is 6.43. The minimum atomic E-state index is -0.579. The number of nitrogen functional groups attached to an aromatic ring is 1. The molecule has 1 fully saturated rings. The number of nitrogens with two attached hydrogens (primary N) is 1. The monoisotopic (exact) mass is 465 g/mol. The maximum Gasteiger partial charge on any atom is 0.292 e. The lowest BCUT2D eigenvalue weighted by Crippen LogP contribution is -2.36. The van der Waals surface area contributed by atoms with Crippen LogP contribution in [0.1, 0.15) is 21.7 Å². The molecule has 3 heterocycles. The van der Waals surface area contributed by atoms with Crippen LogP contribution >= 0.6 is 23.2 Å². The third-order valence-electron chi connectivity index (χ3n) is 4.48. The number of hydrogen-bond donors (Lipinski definition) is 2. The van der Waals surface area contributed by atoms with Gasteiger partial charge in [0, 0.05) is 25.2 Å². The predicted molar refractivity (Wildman–Crippen MR) is 111 cm³/mol. The second kappa shape index (κ2) is 9.39. The molecule has 14 heteroatoms. The number of nitrogens with zero attached hydrogens (tertiary/aromatic N) is 7. The molecule has 0 atom stereocenters. The van der Waals surface area contributed by atoms with Crippen molar-refractivity contribution < 1.29 is 14.2 Å². The van der Waals surface area contributed by atoms with Gasteiger partial charge in [-0.3, -0.25) is 9.69 Å². The maximum absolute atomic E-state index is 13.0. The number of hydrazone groups is 1. The van der Waals surface area contributed by atoms with Crippen molar-refractivity contribution in [1.29, 1.82) is 0 Å². The summed E-state index contributed by atoms with van der Waals surface area (Å²) >= 11 is 12.1. The number of morpholine rings is 1. The van der Waals surface area contributed by atoms with Crippen molar-refractivity contribution in [3.8, 4) is 5.82 Å². The van der Waals surface area contributed by atoms with Gasteiger partial charge in [0.15, 0.2) is 5.69 Å². The van der Waals surface area contributed by atoms with E-state index in [0.717, 1.165) is 0 Å². The van der Waals surface area contributed by atoms with Gasteiger partial charge in [-0.1, -0.05) is 40.5 Å². The van der Waals surface area contributed by atoms with Gasteiger partial charge in [-0.25, -0.2) is 10.1 Å². The fourth-order valence-electron chi connectivity index (χ4n) is 2.94. The van der Waals surface area contributed by atoms with Crippen LogP contribution in [0.2, 0.25) is 10.0 Å². The van der Waals surface area contributed by atoms with Gasteiger partial charge in [-0.2, -0.15) is 9.78 Å². The molecular formula is C17H17Cl2N9O3. The molecule has 1 amide bonds. The van der Waals surface area contributed by atoms with Crippen LogP contribution in [-0.2, 0) is 11.3 Å². The van der Waals surface area contributed by atoms with E-state index in [9.17, 15) is 4.79 Å². The molecule has 0 aliphatic carbocycles. The van der Waals surface area contributed by atoms with Crippen LogP contribution in [-0.4, -0.2) is 68.6 Å². The largest absolute Gasteiger partial charge is 0.379 e. The van der Waals surface area contributed by atoms with E-state index >= 15 is 0 Å². The first-order valence-electron chi connectivity index (χ1n) is 9.15. The number of nitrogens with one attached hydrogen (secondary N) is 1. The van der Waals surface area contributed by atoms with Gasteiger partial charge in [-0.05, 0) is 16.4 Å². The summed E-state index contributed by atoms with van der Waals surface area (Å²) in [6, 6.07) is 5.08. The van der Waals surface area contributed by atoms with Gasteiger partial charge in [0.2, 0.25) is 11.6 Å². The lowest BCUT2D eigenvalue weighted by atomic mass is 10.2. The van der Waals surface area contributed by atoms with E-state index < -0.39 is 5.91 Å². The molecule has 162 valence electrons. The fourth-order valence-corrected chi connectivity index (χ4v) is 3.29. The molecule has 2 aromatic heterocycles. The summed E-state index contributed by atoms with van der Waals surface area (Å²) < 4.78 is 11.2. The third kappa shape index (κ3) is 4.66. The van der Waals surface area contributed by atoms with E-state index in [1.807, 2.05) is 0 Å². The first-order chi connectivity index (χ1) is 15.0. The van der Waals surface area contributed by atoms with E-state index in [1.54, 1.807) is 18.2 Å². The number of hydrogen-bond acceptors (Lipinski definition) is 10. The van der Waals surface area contributed by atoms with Crippen molar-refractivity contribution in [2.45, 2.75) is 6.54 Å². The van der Waals surface area contributed by atoms with Crippen molar-refractivity contribution in [3.05, 3.63) is 45.2 Å². The van der Waals surface area contributed by atoms with Crippen LogP contribution in [0, 0.1) is 0 Å². The first-order valence-corrected chi connectivity index (χ1v) is 9.90. The zero-order valence-corrected chi connectivity index (χ0v) is 17.5. The highest BCUT2D eigenvalue weighted by atomic mass is 35.5. The summed E-state index contributed by atoms with van der Waals surface area (Å²) in [6.45, 7) is 2.97. The molecule has 0 saturated carbocycles. The highest BCUT2D eigenvalue weighted by Crippen LogP contribution is 2.24. The number of benzene rings is 1. The molecule has 0 spiro atoms. The zero-order chi connectivity index (χ0) is 21.8. The van der Waals surface area contributed by atoms with E-state index in [-0.39, 0.29) is 17.3 Å². The predicted octanol–water partition coefficient (Wildman–Crippen LogP) is 1.14. The van der Waals surface area contributed by atoms with E-state index in [1.165, 1.54) is 10.9 Å². The molecule has 31 heavy (non-hydrogen) atoms. The van der Waals surface area contributed by atoms with Crippen LogP contribution in [0.4, 0.5) is 5.82 Å².